The first-order chi connectivity index (χ1) is 12.3. The average Bonchev–Trinajstić information content (AvgIpc) is 2.83. The van der Waals surface area contributed by atoms with E-state index in [1.165, 1.54) is 18.2 Å². The molecule has 8 heteroatoms. The number of amides is 2. The highest BCUT2D eigenvalue weighted by molar-refractivity contribution is 6.31. The molecular weight excluding hydrogens is 361 g/mol. The molecule has 1 aromatic heterocycles. The third-order valence-corrected chi connectivity index (χ3v) is 4.99. The number of nitrogens with zero attached hydrogens (tertiary/aromatic N) is 1. The lowest BCUT2D eigenvalue weighted by atomic mass is 9.89. The Morgan fingerprint density at radius 3 is 2.81 bits per heavy atom. The lowest BCUT2D eigenvalue weighted by Crippen LogP contribution is -2.22. The zero-order valence-electron chi connectivity index (χ0n) is 14.4. The summed E-state index contributed by atoms with van der Waals surface area (Å²) in [4.78, 5) is 24.0. The van der Waals surface area contributed by atoms with E-state index in [4.69, 9.17) is 22.1 Å². The van der Waals surface area contributed by atoms with Crippen LogP contribution in [0.2, 0.25) is 5.02 Å². The molecule has 3 rings (SSSR count). The quantitative estimate of drug-likeness (QED) is 0.849. The molecule has 1 aliphatic carbocycles. The first-order valence-electron chi connectivity index (χ1n) is 8.20. The smallest absolute Gasteiger partial charge is 0.405 e. The summed E-state index contributed by atoms with van der Waals surface area (Å²) in [5.74, 6) is -0.887. The molecule has 0 bridgehead atoms. The number of hydrogen-bond acceptors (Lipinski definition) is 3. The van der Waals surface area contributed by atoms with Crippen LogP contribution in [0, 0.1) is 12.7 Å². The normalized spacial score (nSPS) is 16.1. The predicted molar refractivity (Wildman–Crippen MR) is 95.9 cm³/mol. The summed E-state index contributed by atoms with van der Waals surface area (Å²) in [6.07, 6.45) is 0.844. The minimum absolute atomic E-state index is 0.0668. The maximum absolute atomic E-state index is 13.3. The molecule has 0 aliphatic heterocycles. The van der Waals surface area contributed by atoms with Crippen LogP contribution in [0.15, 0.2) is 18.2 Å². The number of anilines is 1. The molecule has 0 saturated heterocycles. The molecule has 1 aliphatic rings. The maximum atomic E-state index is 13.3. The third kappa shape index (κ3) is 3.26. The fourth-order valence-electron chi connectivity index (χ4n) is 3.50. The highest BCUT2D eigenvalue weighted by atomic mass is 35.5. The van der Waals surface area contributed by atoms with E-state index in [2.05, 4.69) is 5.32 Å². The predicted octanol–water partition coefficient (Wildman–Crippen LogP) is 3.85. The van der Waals surface area contributed by atoms with Gasteiger partial charge in [-0.1, -0.05) is 11.6 Å². The SMILES string of the molecule is Cc1c2c(c(C(=O)Nc3ccc(F)c(Cl)c3)n1C)CCCC2OC(N)=O. The lowest BCUT2D eigenvalue weighted by molar-refractivity contribution is 0.0956. The van der Waals surface area contributed by atoms with E-state index in [0.717, 1.165) is 23.2 Å². The lowest BCUT2D eigenvalue weighted by Gasteiger charge is -2.23. The van der Waals surface area contributed by atoms with E-state index < -0.39 is 18.0 Å². The summed E-state index contributed by atoms with van der Waals surface area (Å²) in [5.41, 5.74) is 8.57. The van der Waals surface area contributed by atoms with Crippen molar-refractivity contribution in [3.63, 3.8) is 0 Å². The topological polar surface area (TPSA) is 86.3 Å². The van der Waals surface area contributed by atoms with Gasteiger partial charge in [-0.25, -0.2) is 9.18 Å². The van der Waals surface area contributed by atoms with Crippen LogP contribution in [0.5, 0.6) is 0 Å². The van der Waals surface area contributed by atoms with Gasteiger partial charge in [-0.05, 0) is 49.9 Å². The number of nitrogens with one attached hydrogen (secondary N) is 1. The largest absolute Gasteiger partial charge is 0.441 e. The molecule has 1 unspecified atom stereocenters. The van der Waals surface area contributed by atoms with Crippen LogP contribution >= 0.6 is 11.6 Å². The van der Waals surface area contributed by atoms with Crippen LogP contribution in [0.3, 0.4) is 0 Å². The zero-order chi connectivity index (χ0) is 19.0. The fourth-order valence-corrected chi connectivity index (χ4v) is 3.68. The zero-order valence-corrected chi connectivity index (χ0v) is 15.2. The Kier molecular flexibility index (Phi) is 4.91. The van der Waals surface area contributed by atoms with Crippen LogP contribution in [0.1, 0.15) is 46.3 Å². The van der Waals surface area contributed by atoms with Crippen molar-refractivity contribution >= 4 is 29.3 Å². The van der Waals surface area contributed by atoms with E-state index in [0.29, 0.717) is 24.2 Å². The second-order valence-corrected chi connectivity index (χ2v) is 6.69. The Bertz CT molecular complexity index is 894. The molecule has 2 amide bonds. The molecule has 3 N–H and O–H groups in total. The number of nitrogens with two attached hydrogens (primary N) is 1. The number of aromatic nitrogens is 1. The van der Waals surface area contributed by atoms with E-state index >= 15 is 0 Å². The van der Waals surface area contributed by atoms with Gasteiger partial charge in [-0.3, -0.25) is 4.79 Å². The van der Waals surface area contributed by atoms with E-state index in [1.54, 1.807) is 11.6 Å². The number of halogens is 2. The van der Waals surface area contributed by atoms with Crippen molar-refractivity contribution in [2.75, 3.05) is 5.32 Å². The number of primary amides is 1. The van der Waals surface area contributed by atoms with Crippen LogP contribution in [0.25, 0.3) is 0 Å². The molecule has 1 aromatic carbocycles. The summed E-state index contributed by atoms with van der Waals surface area (Å²) in [6.45, 7) is 1.87. The second-order valence-electron chi connectivity index (χ2n) is 6.29. The van der Waals surface area contributed by atoms with Crippen molar-refractivity contribution in [2.45, 2.75) is 32.3 Å². The third-order valence-electron chi connectivity index (χ3n) is 4.71. The number of rotatable bonds is 3. The number of carbonyl (C=O) groups excluding carboxylic acids is 2. The molecule has 138 valence electrons. The molecule has 1 heterocycles. The van der Waals surface area contributed by atoms with Crippen LogP contribution < -0.4 is 11.1 Å². The summed E-state index contributed by atoms with van der Waals surface area (Å²) in [6, 6.07) is 4.00. The van der Waals surface area contributed by atoms with Gasteiger partial charge in [0.1, 0.15) is 17.6 Å². The summed E-state index contributed by atoms with van der Waals surface area (Å²) in [7, 11) is 1.78. The van der Waals surface area contributed by atoms with Gasteiger partial charge in [0.15, 0.2) is 0 Å². The number of benzene rings is 1. The Labute approximate surface area is 155 Å². The van der Waals surface area contributed by atoms with Gasteiger partial charge in [-0.2, -0.15) is 0 Å². The Hall–Kier alpha value is -2.54. The number of ether oxygens (including phenoxy) is 1. The van der Waals surface area contributed by atoms with Crippen molar-refractivity contribution in [1.29, 1.82) is 0 Å². The van der Waals surface area contributed by atoms with E-state index in [1.807, 2.05) is 6.92 Å². The van der Waals surface area contributed by atoms with Gasteiger partial charge in [-0.15, -0.1) is 0 Å². The standard InChI is InChI=1S/C18H19ClFN3O3/c1-9-15-11(4-3-5-14(15)26-18(21)25)16(23(9)2)17(24)22-10-6-7-13(20)12(19)8-10/h6-8,14H,3-5H2,1-2H3,(H2,21,25)(H,22,24). The van der Waals surface area contributed by atoms with E-state index in [-0.39, 0.29) is 10.9 Å². The minimum Gasteiger partial charge on any atom is -0.441 e. The summed E-state index contributed by atoms with van der Waals surface area (Å²) < 4.78 is 20.3. The van der Waals surface area contributed by atoms with Gasteiger partial charge in [0.25, 0.3) is 5.91 Å². The second kappa shape index (κ2) is 6.99. The molecule has 0 fully saturated rings. The maximum Gasteiger partial charge on any atom is 0.405 e. The Morgan fingerprint density at radius 1 is 1.42 bits per heavy atom. The molecule has 6 nitrogen and oxygen atoms in total. The number of fused-ring (bicyclic) bond motifs is 1. The highest BCUT2D eigenvalue weighted by Gasteiger charge is 2.32. The highest BCUT2D eigenvalue weighted by Crippen LogP contribution is 2.38. The molecule has 2 aromatic rings. The molecule has 26 heavy (non-hydrogen) atoms. The van der Waals surface area contributed by atoms with Crippen molar-refractivity contribution in [1.82, 2.24) is 4.57 Å². The molecular formula is C18H19ClFN3O3. The molecule has 0 saturated carbocycles. The van der Waals surface area contributed by atoms with Gasteiger partial charge in [0.2, 0.25) is 0 Å². The molecule has 0 radical (unpaired) electrons. The first-order valence-corrected chi connectivity index (χ1v) is 8.58. The van der Waals surface area contributed by atoms with Crippen LogP contribution in [-0.2, 0) is 18.2 Å². The van der Waals surface area contributed by atoms with Gasteiger partial charge < -0.3 is 20.4 Å². The van der Waals surface area contributed by atoms with E-state index in [9.17, 15) is 14.0 Å². The summed E-state index contributed by atoms with van der Waals surface area (Å²) in [5, 5.41) is 2.68. The van der Waals surface area contributed by atoms with Gasteiger partial charge in [0, 0.05) is 24.0 Å². The van der Waals surface area contributed by atoms with Crippen LogP contribution in [0.4, 0.5) is 14.9 Å². The first kappa shape index (κ1) is 18.3. The van der Waals surface area contributed by atoms with Crippen molar-refractivity contribution < 1.29 is 18.7 Å². The van der Waals surface area contributed by atoms with Crippen molar-refractivity contribution in [2.24, 2.45) is 12.8 Å². The van der Waals surface area contributed by atoms with Crippen molar-refractivity contribution in [3.05, 3.63) is 51.6 Å². The van der Waals surface area contributed by atoms with Gasteiger partial charge in [0.05, 0.1) is 5.02 Å². The molecule has 0 spiro atoms. The minimum atomic E-state index is -0.835. The number of hydrogen-bond donors (Lipinski definition) is 2. The fraction of sp³-hybridized carbons (Fsp3) is 0.333. The summed E-state index contributed by atoms with van der Waals surface area (Å²) >= 11 is 5.77. The van der Waals surface area contributed by atoms with Crippen molar-refractivity contribution in [3.8, 4) is 0 Å². The Morgan fingerprint density at radius 2 is 2.15 bits per heavy atom. The molecule has 1 atom stereocenters. The average molecular weight is 380 g/mol. The van der Waals surface area contributed by atoms with Gasteiger partial charge >= 0.3 is 6.09 Å². The number of carbonyl (C=O) groups is 2. The monoisotopic (exact) mass is 379 g/mol. The van der Waals surface area contributed by atoms with Crippen LogP contribution in [-0.4, -0.2) is 16.6 Å². The Balaban J connectivity index is 1.96.